The topological polar surface area (TPSA) is 94.3 Å². The van der Waals surface area contributed by atoms with E-state index in [0.717, 1.165) is 0 Å². The predicted molar refractivity (Wildman–Crippen MR) is 96.7 cm³/mol. The summed E-state index contributed by atoms with van der Waals surface area (Å²) in [4.78, 5) is 24.1. The zero-order chi connectivity index (χ0) is 18.4. The smallest absolute Gasteiger partial charge is 0.292 e. The van der Waals surface area contributed by atoms with Gasteiger partial charge < -0.3 is 14.5 Å². The maximum atomic E-state index is 12.2. The highest BCUT2D eigenvalue weighted by atomic mass is 32.2. The molecule has 0 aliphatic heterocycles. The first-order chi connectivity index (χ1) is 12.7. The molecule has 132 valence electrons. The van der Waals surface area contributed by atoms with Crippen LogP contribution in [-0.2, 0) is 0 Å². The van der Waals surface area contributed by atoms with Crippen molar-refractivity contribution in [2.45, 2.75) is 5.03 Å². The van der Waals surface area contributed by atoms with Crippen LogP contribution in [0.15, 0.2) is 64.2 Å². The number of nitrogens with one attached hydrogen (secondary N) is 1. The Labute approximate surface area is 153 Å². The highest BCUT2D eigenvalue weighted by Gasteiger charge is 2.11. The van der Waals surface area contributed by atoms with E-state index in [9.17, 15) is 9.59 Å². The van der Waals surface area contributed by atoms with Gasteiger partial charge in [0.25, 0.3) is 5.91 Å². The molecule has 3 rings (SSSR count). The number of aromatic nitrogens is 2. The second-order valence-corrected chi connectivity index (χ2v) is 6.13. The Hall–Kier alpha value is -3.13. The molecule has 0 bridgehead atoms. The van der Waals surface area contributed by atoms with Gasteiger partial charge in [0, 0.05) is 5.56 Å². The minimum absolute atomic E-state index is 0.0362. The Morgan fingerprint density at radius 1 is 1.15 bits per heavy atom. The second-order valence-electron chi connectivity index (χ2n) is 5.13. The van der Waals surface area contributed by atoms with Gasteiger partial charge >= 0.3 is 0 Å². The summed E-state index contributed by atoms with van der Waals surface area (Å²) in [6, 6.07) is 13.5. The summed E-state index contributed by atoms with van der Waals surface area (Å²) in [5.74, 6) is 0.907. The second kappa shape index (κ2) is 8.30. The molecule has 0 atom stereocenters. The lowest BCUT2D eigenvalue weighted by atomic mass is 10.1. The molecule has 0 saturated carbocycles. The molecule has 0 aliphatic rings. The van der Waals surface area contributed by atoms with E-state index in [4.69, 9.17) is 9.15 Å². The van der Waals surface area contributed by atoms with Crippen LogP contribution in [0.2, 0.25) is 0 Å². The van der Waals surface area contributed by atoms with E-state index in [1.807, 2.05) is 0 Å². The van der Waals surface area contributed by atoms with Crippen molar-refractivity contribution < 1.29 is 18.7 Å². The highest BCUT2D eigenvalue weighted by Crippen LogP contribution is 2.19. The summed E-state index contributed by atoms with van der Waals surface area (Å²) in [7, 11) is 1.56. The number of amides is 1. The number of ether oxygens (including phenoxy) is 1. The average Bonchev–Trinajstić information content (AvgIpc) is 3.22. The Morgan fingerprint density at radius 3 is 2.73 bits per heavy atom. The van der Waals surface area contributed by atoms with Gasteiger partial charge in [-0.15, -0.1) is 10.2 Å². The Bertz CT molecular complexity index is 895. The van der Waals surface area contributed by atoms with Crippen LogP contribution in [0.3, 0.4) is 0 Å². The molecule has 2 aromatic heterocycles. The number of rotatable bonds is 7. The van der Waals surface area contributed by atoms with Crippen molar-refractivity contribution in [1.82, 2.24) is 10.2 Å². The van der Waals surface area contributed by atoms with Crippen molar-refractivity contribution in [3.05, 3.63) is 66.1 Å². The number of thioether (sulfide) groups is 1. The SMILES string of the molecule is COc1cccc(C(=O)CSc2ccc(NC(=O)c3ccco3)nn2)c1. The van der Waals surface area contributed by atoms with Crippen molar-refractivity contribution in [3.63, 3.8) is 0 Å². The molecule has 1 amide bonds. The lowest BCUT2D eigenvalue weighted by Crippen LogP contribution is -2.12. The number of carbonyl (C=O) groups excluding carboxylic acids is 2. The van der Waals surface area contributed by atoms with Gasteiger partial charge in [-0.05, 0) is 36.4 Å². The van der Waals surface area contributed by atoms with E-state index in [0.29, 0.717) is 22.2 Å². The van der Waals surface area contributed by atoms with Crippen LogP contribution < -0.4 is 10.1 Å². The number of nitrogens with zero attached hydrogens (tertiary/aromatic N) is 2. The van der Waals surface area contributed by atoms with Crippen LogP contribution in [0.1, 0.15) is 20.9 Å². The van der Waals surface area contributed by atoms with Crippen LogP contribution in [0.5, 0.6) is 5.75 Å². The fourth-order valence-corrected chi connectivity index (χ4v) is 2.78. The summed E-state index contributed by atoms with van der Waals surface area (Å²) in [6.07, 6.45) is 1.42. The number of Topliss-reactive ketones (excluding diaryl/α,β-unsaturated/α-hetero) is 1. The lowest BCUT2D eigenvalue weighted by Gasteiger charge is -2.04. The number of ketones is 1. The number of furan rings is 1. The normalized spacial score (nSPS) is 10.3. The summed E-state index contributed by atoms with van der Waals surface area (Å²) >= 11 is 1.27. The zero-order valence-corrected chi connectivity index (χ0v) is 14.7. The average molecular weight is 369 g/mol. The van der Waals surface area contributed by atoms with Crippen LogP contribution in [-0.4, -0.2) is 34.8 Å². The van der Waals surface area contributed by atoms with Crippen LogP contribution in [0.4, 0.5) is 5.82 Å². The summed E-state index contributed by atoms with van der Waals surface area (Å²) in [6.45, 7) is 0. The van der Waals surface area contributed by atoms with Gasteiger partial charge in [-0.1, -0.05) is 23.9 Å². The number of benzene rings is 1. The minimum Gasteiger partial charge on any atom is -0.497 e. The lowest BCUT2D eigenvalue weighted by molar-refractivity contribution is 0.0993. The fraction of sp³-hybridized carbons (Fsp3) is 0.111. The van der Waals surface area contributed by atoms with Gasteiger partial charge in [0.2, 0.25) is 0 Å². The van der Waals surface area contributed by atoms with Crippen molar-refractivity contribution >= 4 is 29.3 Å². The van der Waals surface area contributed by atoms with E-state index in [1.165, 1.54) is 18.0 Å². The largest absolute Gasteiger partial charge is 0.497 e. The van der Waals surface area contributed by atoms with Gasteiger partial charge in [-0.2, -0.15) is 0 Å². The van der Waals surface area contributed by atoms with Crippen LogP contribution >= 0.6 is 11.8 Å². The number of anilines is 1. The number of hydrogen-bond acceptors (Lipinski definition) is 7. The van der Waals surface area contributed by atoms with Gasteiger partial charge in [0.05, 0.1) is 19.1 Å². The molecular weight excluding hydrogens is 354 g/mol. The first-order valence-corrected chi connectivity index (χ1v) is 8.63. The zero-order valence-electron chi connectivity index (χ0n) is 13.8. The Kier molecular flexibility index (Phi) is 5.65. The molecular formula is C18H15N3O4S. The van der Waals surface area contributed by atoms with Gasteiger partial charge in [-0.25, -0.2) is 0 Å². The molecule has 26 heavy (non-hydrogen) atoms. The summed E-state index contributed by atoms with van der Waals surface area (Å²) in [5, 5.41) is 11.1. The van der Waals surface area contributed by atoms with Crippen LogP contribution in [0.25, 0.3) is 0 Å². The van der Waals surface area contributed by atoms with E-state index in [2.05, 4.69) is 15.5 Å². The predicted octanol–water partition coefficient (Wildman–Crippen LogP) is 3.31. The highest BCUT2D eigenvalue weighted by molar-refractivity contribution is 7.99. The third kappa shape index (κ3) is 4.48. The fourth-order valence-electron chi connectivity index (χ4n) is 2.07. The Balaban J connectivity index is 1.55. The van der Waals surface area contributed by atoms with E-state index in [-0.39, 0.29) is 17.3 Å². The molecule has 0 unspecified atom stereocenters. The number of hydrogen-bond donors (Lipinski definition) is 1. The third-order valence-electron chi connectivity index (χ3n) is 3.37. The van der Waals surface area contributed by atoms with E-state index < -0.39 is 5.91 Å². The summed E-state index contributed by atoms with van der Waals surface area (Å²) < 4.78 is 10.1. The van der Waals surface area contributed by atoms with Crippen molar-refractivity contribution in [1.29, 1.82) is 0 Å². The molecule has 0 saturated heterocycles. The molecule has 2 heterocycles. The molecule has 1 aromatic carbocycles. The van der Waals surface area contributed by atoms with Crippen molar-refractivity contribution in [2.75, 3.05) is 18.2 Å². The van der Waals surface area contributed by atoms with Gasteiger partial charge in [-0.3, -0.25) is 9.59 Å². The Morgan fingerprint density at radius 2 is 2.04 bits per heavy atom. The molecule has 1 N–H and O–H groups in total. The quantitative estimate of drug-likeness (QED) is 0.504. The molecule has 3 aromatic rings. The molecule has 0 radical (unpaired) electrons. The van der Waals surface area contributed by atoms with Crippen molar-refractivity contribution in [3.8, 4) is 5.75 Å². The standard InChI is InChI=1S/C18H15N3O4S/c1-24-13-5-2-4-12(10-13)14(22)11-26-17-8-7-16(20-21-17)19-18(23)15-6-3-9-25-15/h2-10H,11H2,1H3,(H,19,20,23). The van der Waals surface area contributed by atoms with Crippen LogP contribution in [0, 0.1) is 0 Å². The first-order valence-electron chi connectivity index (χ1n) is 7.64. The molecule has 7 nitrogen and oxygen atoms in total. The maximum absolute atomic E-state index is 12.2. The van der Waals surface area contributed by atoms with Gasteiger partial charge in [0.15, 0.2) is 17.4 Å². The van der Waals surface area contributed by atoms with E-state index in [1.54, 1.807) is 55.6 Å². The first kappa shape index (κ1) is 17.7. The minimum atomic E-state index is -0.405. The number of carbonyl (C=O) groups is 2. The maximum Gasteiger partial charge on any atom is 0.292 e. The molecule has 0 aliphatic carbocycles. The number of methoxy groups -OCH3 is 1. The monoisotopic (exact) mass is 369 g/mol. The van der Waals surface area contributed by atoms with Crippen molar-refractivity contribution in [2.24, 2.45) is 0 Å². The third-order valence-corrected chi connectivity index (χ3v) is 4.29. The van der Waals surface area contributed by atoms with Gasteiger partial charge in [0.1, 0.15) is 10.8 Å². The molecule has 8 heteroatoms. The summed E-state index contributed by atoms with van der Waals surface area (Å²) in [5.41, 5.74) is 0.576. The van der Waals surface area contributed by atoms with E-state index >= 15 is 0 Å². The molecule has 0 spiro atoms. The molecule has 0 fully saturated rings.